The maximum absolute atomic E-state index is 11.2. The van der Waals surface area contributed by atoms with E-state index in [0.29, 0.717) is 0 Å². The summed E-state index contributed by atoms with van der Waals surface area (Å²) in [7, 11) is -4.79. The van der Waals surface area contributed by atoms with Gasteiger partial charge in [0.2, 0.25) is 0 Å². The lowest BCUT2D eigenvalue weighted by Gasteiger charge is -2.05. The van der Waals surface area contributed by atoms with Gasteiger partial charge in [0.25, 0.3) is 10.1 Å². The van der Waals surface area contributed by atoms with Crippen molar-refractivity contribution in [1.82, 2.24) is 0 Å². The van der Waals surface area contributed by atoms with E-state index in [1.165, 1.54) is 0 Å². The van der Waals surface area contributed by atoms with Crippen LogP contribution in [0.1, 0.15) is 0 Å². The van der Waals surface area contributed by atoms with E-state index in [1.54, 1.807) is 0 Å². The van der Waals surface area contributed by atoms with Crippen LogP contribution in [0.15, 0.2) is 0 Å². The Morgan fingerprint density at radius 3 is 2.00 bits per heavy atom. The summed E-state index contributed by atoms with van der Waals surface area (Å²) in [5.41, 5.74) is 0. The minimum Gasteiger partial charge on any atom is -0.250 e. The van der Waals surface area contributed by atoms with Crippen molar-refractivity contribution in [2.45, 2.75) is 6.36 Å². The van der Waals surface area contributed by atoms with Crippen molar-refractivity contribution < 1.29 is 30.2 Å². The summed E-state index contributed by atoms with van der Waals surface area (Å²) in [5, 5.41) is 0. The van der Waals surface area contributed by atoms with Gasteiger partial charge in [0, 0.05) is 0 Å². The molecule has 0 aromatic heterocycles. The van der Waals surface area contributed by atoms with E-state index < -0.39 is 28.9 Å². The molecule has 0 N–H and O–H groups in total. The summed E-state index contributed by atoms with van der Waals surface area (Å²) in [5.74, 6) is -1.29. The molecule has 0 saturated carbocycles. The molecule has 0 aliphatic heterocycles. The summed E-state index contributed by atoms with van der Waals surface area (Å²) < 4.78 is 67.4. The lowest BCUT2D eigenvalue weighted by molar-refractivity contribution is -0.271. The third-order valence-corrected chi connectivity index (χ3v) is 1.65. The van der Waals surface area contributed by atoms with E-state index in [2.05, 4.69) is 4.18 Å². The van der Waals surface area contributed by atoms with Crippen molar-refractivity contribution in [3.05, 3.63) is 0 Å². The van der Waals surface area contributed by atoms with Gasteiger partial charge in [0.15, 0.2) is 0 Å². The van der Waals surface area contributed by atoms with Crippen molar-refractivity contribution in [1.29, 1.82) is 0 Å². The van der Waals surface area contributed by atoms with Crippen LogP contribution in [-0.4, -0.2) is 27.2 Å². The van der Waals surface area contributed by atoms with Gasteiger partial charge >= 0.3 is 6.36 Å². The van der Waals surface area contributed by atoms with Crippen molar-refractivity contribution in [2.75, 3.05) is 12.4 Å². The van der Waals surface area contributed by atoms with Gasteiger partial charge in [-0.1, -0.05) is 0 Å². The zero-order valence-corrected chi connectivity index (χ0v) is 5.88. The molecular weight excluding hydrogens is 192 g/mol. The first-order valence-corrected chi connectivity index (χ1v) is 3.90. The average Bonchev–Trinajstić information content (AvgIpc) is 1.55. The molecule has 0 saturated heterocycles. The zero-order valence-electron chi connectivity index (χ0n) is 5.06. The van der Waals surface area contributed by atoms with Crippen LogP contribution < -0.4 is 0 Å². The molecular formula is C3H4F4O3S. The van der Waals surface area contributed by atoms with E-state index in [-0.39, 0.29) is 0 Å². The van der Waals surface area contributed by atoms with E-state index in [9.17, 15) is 26.0 Å². The molecule has 0 aliphatic rings. The second kappa shape index (κ2) is 3.35. The second-order valence-corrected chi connectivity index (χ2v) is 3.17. The molecule has 0 heterocycles. The molecule has 0 bridgehead atoms. The van der Waals surface area contributed by atoms with Crippen molar-refractivity contribution in [3.63, 3.8) is 0 Å². The van der Waals surface area contributed by atoms with Crippen LogP contribution >= 0.6 is 0 Å². The second-order valence-electron chi connectivity index (χ2n) is 1.48. The summed E-state index contributed by atoms with van der Waals surface area (Å²) in [4.78, 5) is 0. The number of hydrogen-bond acceptors (Lipinski definition) is 3. The first-order chi connectivity index (χ1) is 4.77. The van der Waals surface area contributed by atoms with Gasteiger partial charge in [0.05, 0.1) is 0 Å². The molecule has 0 spiro atoms. The number of halogens is 4. The Morgan fingerprint density at radius 2 is 1.73 bits per heavy atom. The lowest BCUT2D eigenvalue weighted by atomic mass is 10.9. The highest BCUT2D eigenvalue weighted by atomic mass is 32.2. The van der Waals surface area contributed by atoms with E-state index >= 15 is 0 Å². The van der Waals surface area contributed by atoms with Crippen LogP contribution in [0.5, 0.6) is 0 Å². The Morgan fingerprint density at radius 1 is 1.27 bits per heavy atom. The van der Waals surface area contributed by atoms with Crippen LogP contribution in [-0.2, 0) is 14.3 Å². The minimum absolute atomic E-state index is 1.29. The Labute approximate surface area is 60.1 Å². The highest BCUT2D eigenvalue weighted by molar-refractivity contribution is 7.86. The quantitative estimate of drug-likeness (QED) is 0.495. The Kier molecular flexibility index (Phi) is 3.24. The van der Waals surface area contributed by atoms with E-state index in [0.717, 1.165) is 0 Å². The predicted molar refractivity (Wildman–Crippen MR) is 26.9 cm³/mol. The summed E-state index contributed by atoms with van der Waals surface area (Å²) in [6.45, 7) is -1.40. The van der Waals surface area contributed by atoms with Crippen LogP contribution in [0, 0.1) is 0 Å². The summed E-state index contributed by atoms with van der Waals surface area (Å²) >= 11 is 0. The Balaban J connectivity index is 4.15. The van der Waals surface area contributed by atoms with E-state index in [1.807, 2.05) is 0 Å². The maximum Gasteiger partial charge on any atom is 0.537 e. The van der Waals surface area contributed by atoms with Gasteiger partial charge < -0.3 is 0 Å². The number of rotatable bonds is 3. The van der Waals surface area contributed by atoms with Gasteiger partial charge in [-0.3, -0.25) is 0 Å². The first kappa shape index (κ1) is 10.6. The zero-order chi connectivity index (χ0) is 9.12. The number of hydrogen-bond donors (Lipinski definition) is 0. The van der Waals surface area contributed by atoms with Crippen molar-refractivity contribution in [2.24, 2.45) is 0 Å². The van der Waals surface area contributed by atoms with Crippen LogP contribution in [0.2, 0.25) is 0 Å². The van der Waals surface area contributed by atoms with Crippen molar-refractivity contribution in [3.8, 4) is 0 Å². The van der Waals surface area contributed by atoms with Gasteiger partial charge in [-0.25, -0.2) is 4.39 Å². The average molecular weight is 196 g/mol. The van der Waals surface area contributed by atoms with E-state index in [4.69, 9.17) is 0 Å². The van der Waals surface area contributed by atoms with Crippen molar-refractivity contribution >= 4 is 10.1 Å². The molecule has 0 radical (unpaired) electrons. The predicted octanol–water partition coefficient (Wildman–Crippen LogP) is 0.822. The molecule has 0 rings (SSSR count). The molecule has 8 heteroatoms. The maximum atomic E-state index is 11.2. The van der Waals surface area contributed by atoms with Gasteiger partial charge in [-0.15, -0.1) is 13.2 Å². The van der Waals surface area contributed by atoms with Gasteiger partial charge in [0.1, 0.15) is 12.4 Å². The topological polar surface area (TPSA) is 43.4 Å². The standard InChI is InChI=1S/C3H4F4O3S/c4-1-2-11(8,9)10-3(5,6)7/h1-2H2. The van der Waals surface area contributed by atoms with Gasteiger partial charge in [-0.2, -0.15) is 12.6 Å². The number of alkyl halides is 4. The third-order valence-electron chi connectivity index (χ3n) is 0.549. The van der Waals surface area contributed by atoms with Gasteiger partial charge in [-0.05, 0) is 0 Å². The molecule has 0 fully saturated rings. The Bertz CT molecular complexity index is 205. The fraction of sp³-hybridized carbons (Fsp3) is 1.00. The minimum atomic E-state index is -5.27. The first-order valence-electron chi connectivity index (χ1n) is 2.33. The molecule has 0 unspecified atom stereocenters. The smallest absolute Gasteiger partial charge is 0.250 e. The normalized spacial score (nSPS) is 13.5. The molecule has 0 aromatic carbocycles. The van der Waals surface area contributed by atoms with Crippen LogP contribution in [0.3, 0.4) is 0 Å². The molecule has 3 nitrogen and oxygen atoms in total. The lowest BCUT2D eigenvalue weighted by Crippen LogP contribution is -2.22. The molecule has 0 amide bonds. The summed E-state index contributed by atoms with van der Waals surface area (Å²) in [6.07, 6.45) is -5.27. The monoisotopic (exact) mass is 196 g/mol. The largest absolute Gasteiger partial charge is 0.537 e. The highest BCUT2D eigenvalue weighted by Gasteiger charge is 2.36. The summed E-state index contributed by atoms with van der Waals surface area (Å²) in [6, 6.07) is 0. The highest BCUT2D eigenvalue weighted by Crippen LogP contribution is 2.19. The third kappa shape index (κ3) is 6.05. The molecule has 0 atom stereocenters. The molecule has 68 valence electrons. The van der Waals surface area contributed by atoms with Crippen LogP contribution in [0.4, 0.5) is 17.6 Å². The van der Waals surface area contributed by atoms with Crippen LogP contribution in [0.25, 0.3) is 0 Å². The fourth-order valence-electron chi connectivity index (χ4n) is 0.280. The Hall–Kier alpha value is -0.370. The fourth-order valence-corrected chi connectivity index (χ4v) is 0.840. The SMILES string of the molecule is O=S(=O)(CCF)OC(F)(F)F. The molecule has 0 aromatic rings. The molecule has 0 aliphatic carbocycles. The molecule has 11 heavy (non-hydrogen) atoms.